The zero-order valence-corrected chi connectivity index (χ0v) is 20.7. The van der Waals surface area contributed by atoms with Crippen molar-refractivity contribution in [1.82, 2.24) is 9.80 Å². The number of hydrogen-bond acceptors (Lipinski definition) is 5. The van der Waals surface area contributed by atoms with Crippen LogP contribution in [-0.4, -0.2) is 61.7 Å². The van der Waals surface area contributed by atoms with Gasteiger partial charge in [-0.2, -0.15) is 0 Å². The number of rotatable bonds is 15. The fourth-order valence-electron chi connectivity index (χ4n) is 3.92. The molecule has 1 atom stereocenters. The van der Waals surface area contributed by atoms with E-state index in [1.54, 1.807) is 28.4 Å². The van der Waals surface area contributed by atoms with Crippen LogP contribution in [0.5, 0.6) is 23.0 Å². The fourth-order valence-corrected chi connectivity index (χ4v) is 3.92. The molecule has 2 aromatic rings. The molecule has 2 rings (SSSR count). The number of hydrogen-bond donors (Lipinski definition) is 1. The van der Waals surface area contributed by atoms with Crippen molar-refractivity contribution in [3.05, 3.63) is 42.0 Å². The van der Waals surface area contributed by atoms with Crippen LogP contribution in [0.25, 0.3) is 0 Å². The molecule has 0 aliphatic heterocycles. The zero-order chi connectivity index (χ0) is 23.4. The number of ether oxygens (including phenoxy) is 4. The van der Waals surface area contributed by atoms with Crippen molar-refractivity contribution in [2.45, 2.75) is 32.6 Å². The van der Waals surface area contributed by atoms with Crippen molar-refractivity contribution in [2.24, 2.45) is 0 Å². The number of likely N-dealkylation sites (N-methyl/N-ethyl adjacent to an activating group) is 1. The molecule has 2 aromatic carbocycles. The van der Waals surface area contributed by atoms with Gasteiger partial charge in [-0.15, -0.1) is 0 Å². The lowest BCUT2D eigenvalue weighted by Gasteiger charge is -2.35. The van der Waals surface area contributed by atoms with Crippen molar-refractivity contribution in [1.29, 1.82) is 0 Å². The highest BCUT2D eigenvalue weighted by molar-refractivity contribution is 5.54. The van der Waals surface area contributed by atoms with Gasteiger partial charge in [0.25, 0.3) is 0 Å². The SMILES string of the molecule is CCCCNCCC[N+](C)(CCc1ccc(OC)c(OC)c1)c1ccc(OC)c(OC)c1. The van der Waals surface area contributed by atoms with Crippen LogP contribution in [0.4, 0.5) is 5.69 Å². The normalized spacial score (nSPS) is 12.8. The van der Waals surface area contributed by atoms with E-state index in [1.807, 2.05) is 12.1 Å². The zero-order valence-electron chi connectivity index (χ0n) is 20.7. The second-order valence-electron chi connectivity index (χ2n) is 8.28. The molecule has 0 saturated heterocycles. The van der Waals surface area contributed by atoms with E-state index >= 15 is 0 Å². The lowest BCUT2D eigenvalue weighted by atomic mass is 10.1. The summed E-state index contributed by atoms with van der Waals surface area (Å²) in [7, 11) is 9.00. The van der Waals surface area contributed by atoms with Crippen molar-refractivity contribution < 1.29 is 18.9 Å². The molecule has 178 valence electrons. The Hall–Kier alpha value is -2.44. The molecule has 0 heterocycles. The summed E-state index contributed by atoms with van der Waals surface area (Å²) in [6.45, 7) is 6.32. The molecule has 32 heavy (non-hydrogen) atoms. The molecule has 0 radical (unpaired) electrons. The first kappa shape index (κ1) is 25.8. The highest BCUT2D eigenvalue weighted by atomic mass is 16.5. The van der Waals surface area contributed by atoms with Gasteiger partial charge in [-0.25, -0.2) is 0 Å². The Labute approximate surface area is 194 Å². The van der Waals surface area contributed by atoms with Crippen LogP contribution in [0.1, 0.15) is 31.7 Å². The van der Waals surface area contributed by atoms with Gasteiger partial charge in [-0.05, 0) is 36.7 Å². The van der Waals surface area contributed by atoms with E-state index in [4.69, 9.17) is 18.9 Å². The van der Waals surface area contributed by atoms with Crippen LogP contribution < -0.4 is 28.7 Å². The molecule has 0 spiro atoms. The lowest BCUT2D eigenvalue weighted by molar-refractivity contribution is 0.319. The Kier molecular flexibility index (Phi) is 10.6. The second kappa shape index (κ2) is 13.2. The predicted molar refractivity (Wildman–Crippen MR) is 133 cm³/mol. The quantitative estimate of drug-likeness (QED) is 0.319. The number of unbranched alkanes of at least 4 members (excludes halogenated alkanes) is 1. The smallest absolute Gasteiger partial charge is 0.166 e. The average Bonchev–Trinajstić information content (AvgIpc) is 2.84. The highest BCUT2D eigenvalue weighted by Crippen LogP contribution is 2.34. The van der Waals surface area contributed by atoms with Crippen LogP contribution in [0.3, 0.4) is 0 Å². The molecule has 0 amide bonds. The van der Waals surface area contributed by atoms with Crippen molar-refractivity contribution >= 4 is 5.69 Å². The third kappa shape index (κ3) is 7.04. The standard InChI is InChI=1S/C26H41N2O4/c1-7-8-15-27-16-9-17-28(2,22-11-13-24(30-4)26(20-22)32-6)18-14-21-10-12-23(29-3)25(19-21)31-5/h10-13,19-20,27H,7-9,14-18H2,1-6H3/q+1. The van der Waals surface area contributed by atoms with Gasteiger partial charge >= 0.3 is 0 Å². The molecule has 1 N–H and O–H groups in total. The molecule has 0 aliphatic rings. The van der Waals surface area contributed by atoms with Crippen LogP contribution >= 0.6 is 0 Å². The third-order valence-corrected chi connectivity index (χ3v) is 6.04. The van der Waals surface area contributed by atoms with E-state index in [-0.39, 0.29) is 0 Å². The molecule has 6 nitrogen and oxygen atoms in total. The number of benzene rings is 2. The van der Waals surface area contributed by atoms with E-state index < -0.39 is 0 Å². The molecule has 0 saturated carbocycles. The predicted octanol–water partition coefficient (Wildman–Crippen LogP) is 4.68. The van der Waals surface area contributed by atoms with Gasteiger partial charge in [-0.3, -0.25) is 4.48 Å². The molecule has 1 unspecified atom stereocenters. The number of methoxy groups -OCH3 is 4. The van der Waals surface area contributed by atoms with Gasteiger partial charge < -0.3 is 24.3 Å². The van der Waals surface area contributed by atoms with Crippen LogP contribution in [0, 0.1) is 0 Å². The van der Waals surface area contributed by atoms with Crippen LogP contribution in [0.15, 0.2) is 36.4 Å². The Bertz CT molecular complexity index is 827. The molecule has 0 bridgehead atoms. The van der Waals surface area contributed by atoms with E-state index in [1.165, 1.54) is 24.1 Å². The Morgan fingerprint density at radius 2 is 1.31 bits per heavy atom. The van der Waals surface area contributed by atoms with Gasteiger partial charge in [0.15, 0.2) is 23.0 Å². The highest BCUT2D eigenvalue weighted by Gasteiger charge is 2.26. The lowest BCUT2D eigenvalue weighted by Crippen LogP contribution is -2.48. The molecule has 0 aliphatic carbocycles. The number of nitrogens with one attached hydrogen (secondary N) is 1. The summed E-state index contributed by atoms with van der Waals surface area (Å²) in [5.74, 6) is 3.04. The topological polar surface area (TPSA) is 49.0 Å². The van der Waals surface area contributed by atoms with E-state index in [9.17, 15) is 0 Å². The first-order valence-electron chi connectivity index (χ1n) is 11.5. The van der Waals surface area contributed by atoms with Crippen molar-refractivity contribution in [3.8, 4) is 23.0 Å². The molecular weight excluding hydrogens is 404 g/mol. The monoisotopic (exact) mass is 445 g/mol. The summed E-state index contributed by atoms with van der Waals surface area (Å²) in [4.78, 5) is 0. The summed E-state index contributed by atoms with van der Waals surface area (Å²) in [6.07, 6.45) is 4.47. The summed E-state index contributed by atoms with van der Waals surface area (Å²) in [5, 5.41) is 3.57. The Balaban J connectivity index is 2.20. The fraction of sp³-hybridized carbons (Fsp3) is 0.538. The van der Waals surface area contributed by atoms with Gasteiger partial charge in [-0.1, -0.05) is 19.4 Å². The van der Waals surface area contributed by atoms with Gasteiger partial charge in [0, 0.05) is 31.5 Å². The molecule has 0 aromatic heterocycles. The molecule has 0 fully saturated rings. The van der Waals surface area contributed by atoms with E-state index in [2.05, 4.69) is 43.6 Å². The van der Waals surface area contributed by atoms with Crippen molar-refractivity contribution in [2.75, 3.05) is 61.7 Å². The molecular formula is C26H41N2O4+. The maximum Gasteiger partial charge on any atom is 0.166 e. The minimum absolute atomic E-state index is 0.754. The minimum Gasteiger partial charge on any atom is -0.493 e. The second-order valence-corrected chi connectivity index (χ2v) is 8.28. The van der Waals surface area contributed by atoms with E-state index in [0.717, 1.165) is 66.5 Å². The maximum absolute atomic E-state index is 5.58. The molecule has 6 heteroatoms. The first-order chi connectivity index (χ1) is 15.5. The minimum atomic E-state index is 0.754. The summed E-state index contributed by atoms with van der Waals surface area (Å²) >= 11 is 0. The summed E-state index contributed by atoms with van der Waals surface area (Å²) < 4.78 is 22.7. The first-order valence-corrected chi connectivity index (χ1v) is 11.5. The van der Waals surface area contributed by atoms with Crippen LogP contribution in [-0.2, 0) is 6.42 Å². The average molecular weight is 446 g/mol. The maximum atomic E-state index is 5.58. The van der Waals surface area contributed by atoms with E-state index in [0.29, 0.717) is 0 Å². The largest absolute Gasteiger partial charge is 0.493 e. The van der Waals surface area contributed by atoms with Gasteiger partial charge in [0.1, 0.15) is 5.69 Å². The Morgan fingerprint density at radius 3 is 1.94 bits per heavy atom. The Morgan fingerprint density at radius 1 is 0.719 bits per heavy atom. The number of nitrogens with zero attached hydrogens (tertiary/aromatic N) is 1. The summed E-state index contributed by atoms with van der Waals surface area (Å²) in [6, 6.07) is 12.4. The summed E-state index contributed by atoms with van der Waals surface area (Å²) in [5.41, 5.74) is 2.45. The van der Waals surface area contributed by atoms with Gasteiger partial charge in [0.2, 0.25) is 0 Å². The number of quaternary nitrogens is 1. The van der Waals surface area contributed by atoms with Crippen molar-refractivity contribution in [3.63, 3.8) is 0 Å². The van der Waals surface area contributed by atoms with Gasteiger partial charge in [0.05, 0.1) is 48.6 Å². The van der Waals surface area contributed by atoms with Crippen LogP contribution in [0.2, 0.25) is 0 Å². The third-order valence-electron chi connectivity index (χ3n) is 6.04.